The first kappa shape index (κ1) is 9.97. The minimum atomic E-state index is 0.411. The molecule has 0 aromatic heterocycles. The highest BCUT2D eigenvalue weighted by atomic mass is 35.5. The average Bonchev–Trinajstić information content (AvgIpc) is 2.97. The highest BCUT2D eigenvalue weighted by Gasteiger charge is 2.30. The van der Waals surface area contributed by atoms with Crippen molar-refractivity contribution in [2.24, 2.45) is 11.8 Å². The van der Waals surface area contributed by atoms with E-state index in [0.29, 0.717) is 6.04 Å². The molecule has 0 aliphatic heterocycles. The van der Waals surface area contributed by atoms with Gasteiger partial charge >= 0.3 is 0 Å². The largest absolute Gasteiger partial charge is 0.271 e. The molecule has 14 heavy (non-hydrogen) atoms. The molecule has 1 aromatic carbocycles. The van der Waals surface area contributed by atoms with Gasteiger partial charge in [-0.15, -0.1) is 0 Å². The van der Waals surface area contributed by atoms with Crippen LogP contribution in [0.15, 0.2) is 24.3 Å². The summed E-state index contributed by atoms with van der Waals surface area (Å²) in [6.45, 7) is 0. The maximum Gasteiger partial charge on any atom is 0.0408 e. The van der Waals surface area contributed by atoms with Crippen LogP contribution in [0.2, 0.25) is 5.02 Å². The maximum atomic E-state index is 5.92. The van der Waals surface area contributed by atoms with E-state index in [1.165, 1.54) is 18.4 Å². The summed E-state index contributed by atoms with van der Waals surface area (Å²) in [6, 6.07) is 8.39. The number of nitrogens with one attached hydrogen (secondary N) is 1. The Morgan fingerprint density at radius 3 is 2.86 bits per heavy atom. The second-order valence-electron chi connectivity index (χ2n) is 3.94. The van der Waals surface area contributed by atoms with E-state index >= 15 is 0 Å². The lowest BCUT2D eigenvalue weighted by Gasteiger charge is -2.14. The lowest BCUT2D eigenvalue weighted by Crippen LogP contribution is -2.38. The van der Waals surface area contributed by atoms with Gasteiger partial charge in [-0.3, -0.25) is 11.3 Å². The van der Waals surface area contributed by atoms with Crippen LogP contribution in [-0.4, -0.2) is 6.04 Å². The summed E-state index contributed by atoms with van der Waals surface area (Å²) < 4.78 is 0. The lowest BCUT2D eigenvalue weighted by atomic mass is 10.0. The SMILES string of the molecule is NNC(Cc1cccc(Cl)c1)C1CC1. The van der Waals surface area contributed by atoms with Crippen molar-refractivity contribution in [3.8, 4) is 0 Å². The lowest BCUT2D eigenvalue weighted by molar-refractivity contribution is 0.472. The Hall–Kier alpha value is -0.570. The average molecular weight is 211 g/mol. The van der Waals surface area contributed by atoms with Gasteiger partial charge < -0.3 is 0 Å². The van der Waals surface area contributed by atoms with Crippen LogP contribution in [0.4, 0.5) is 0 Å². The van der Waals surface area contributed by atoms with Gasteiger partial charge in [-0.05, 0) is 42.9 Å². The summed E-state index contributed by atoms with van der Waals surface area (Å²) in [7, 11) is 0. The van der Waals surface area contributed by atoms with E-state index in [-0.39, 0.29) is 0 Å². The van der Waals surface area contributed by atoms with Crippen molar-refractivity contribution in [2.45, 2.75) is 25.3 Å². The minimum Gasteiger partial charge on any atom is -0.271 e. The maximum absolute atomic E-state index is 5.92. The molecule has 1 aromatic rings. The Balaban J connectivity index is 2.01. The number of hydrazine groups is 1. The molecule has 2 rings (SSSR count). The van der Waals surface area contributed by atoms with Gasteiger partial charge in [-0.2, -0.15) is 0 Å². The summed E-state index contributed by atoms with van der Waals surface area (Å²) in [5, 5.41) is 0.800. The van der Waals surface area contributed by atoms with Crippen molar-refractivity contribution in [1.29, 1.82) is 0 Å². The molecular formula is C11H15ClN2. The minimum absolute atomic E-state index is 0.411. The number of nitrogens with two attached hydrogens (primary N) is 1. The molecule has 0 radical (unpaired) electrons. The molecule has 1 saturated carbocycles. The van der Waals surface area contributed by atoms with Gasteiger partial charge in [0.1, 0.15) is 0 Å². The van der Waals surface area contributed by atoms with Gasteiger partial charge in [0.25, 0.3) is 0 Å². The third-order valence-corrected chi connectivity index (χ3v) is 2.98. The molecule has 1 atom stereocenters. The van der Waals surface area contributed by atoms with E-state index < -0.39 is 0 Å². The smallest absolute Gasteiger partial charge is 0.0408 e. The number of hydrogen-bond acceptors (Lipinski definition) is 2. The summed E-state index contributed by atoms with van der Waals surface area (Å²) in [6.07, 6.45) is 3.58. The number of benzene rings is 1. The molecule has 0 heterocycles. The predicted octanol–water partition coefficient (Wildman–Crippen LogP) is 2.12. The van der Waals surface area contributed by atoms with Gasteiger partial charge in [-0.25, -0.2) is 0 Å². The molecule has 76 valence electrons. The van der Waals surface area contributed by atoms with E-state index in [1.807, 2.05) is 18.2 Å². The van der Waals surface area contributed by atoms with Crippen LogP contribution in [0, 0.1) is 5.92 Å². The molecule has 0 bridgehead atoms. The first-order chi connectivity index (χ1) is 6.79. The first-order valence-electron chi connectivity index (χ1n) is 5.00. The van der Waals surface area contributed by atoms with Crippen LogP contribution in [0.5, 0.6) is 0 Å². The fourth-order valence-corrected chi connectivity index (χ4v) is 1.99. The van der Waals surface area contributed by atoms with Crippen molar-refractivity contribution in [1.82, 2.24) is 5.43 Å². The first-order valence-corrected chi connectivity index (χ1v) is 5.38. The number of rotatable bonds is 4. The van der Waals surface area contributed by atoms with E-state index in [1.54, 1.807) is 0 Å². The van der Waals surface area contributed by atoms with Crippen LogP contribution in [0.3, 0.4) is 0 Å². The fraction of sp³-hybridized carbons (Fsp3) is 0.455. The van der Waals surface area contributed by atoms with Gasteiger partial charge in [0.05, 0.1) is 0 Å². The molecule has 1 aliphatic carbocycles. The summed E-state index contributed by atoms with van der Waals surface area (Å²) in [5.41, 5.74) is 4.15. The van der Waals surface area contributed by atoms with Gasteiger partial charge in [-0.1, -0.05) is 23.7 Å². The second-order valence-corrected chi connectivity index (χ2v) is 4.38. The third-order valence-electron chi connectivity index (χ3n) is 2.75. The Morgan fingerprint density at radius 1 is 1.50 bits per heavy atom. The van der Waals surface area contributed by atoms with Crippen molar-refractivity contribution < 1.29 is 0 Å². The van der Waals surface area contributed by atoms with Crippen LogP contribution < -0.4 is 11.3 Å². The highest BCUT2D eigenvalue weighted by molar-refractivity contribution is 6.30. The molecule has 3 N–H and O–H groups in total. The number of hydrogen-bond donors (Lipinski definition) is 2. The standard InChI is InChI=1S/C11H15ClN2/c12-10-3-1-2-8(6-10)7-11(14-13)9-4-5-9/h1-3,6,9,11,14H,4-5,7,13H2. The zero-order chi connectivity index (χ0) is 9.97. The van der Waals surface area contributed by atoms with E-state index in [2.05, 4.69) is 11.5 Å². The molecule has 3 heteroatoms. The van der Waals surface area contributed by atoms with Crippen LogP contribution in [0.1, 0.15) is 18.4 Å². The molecule has 0 spiro atoms. The van der Waals surface area contributed by atoms with Gasteiger partial charge in [0, 0.05) is 11.1 Å². The number of halogens is 1. The van der Waals surface area contributed by atoms with E-state index in [4.69, 9.17) is 17.4 Å². The molecule has 1 unspecified atom stereocenters. The van der Waals surface area contributed by atoms with Crippen molar-refractivity contribution in [3.05, 3.63) is 34.9 Å². The summed E-state index contributed by atoms with van der Waals surface area (Å²) in [5.74, 6) is 6.28. The Kier molecular flexibility index (Phi) is 3.06. The Labute approximate surface area is 89.4 Å². The summed E-state index contributed by atoms with van der Waals surface area (Å²) >= 11 is 5.92. The Morgan fingerprint density at radius 2 is 2.29 bits per heavy atom. The van der Waals surface area contributed by atoms with Gasteiger partial charge in [0.2, 0.25) is 0 Å². The van der Waals surface area contributed by atoms with Crippen molar-refractivity contribution >= 4 is 11.6 Å². The monoisotopic (exact) mass is 210 g/mol. The van der Waals surface area contributed by atoms with Crippen molar-refractivity contribution in [2.75, 3.05) is 0 Å². The predicted molar refractivity (Wildman–Crippen MR) is 59.0 cm³/mol. The summed E-state index contributed by atoms with van der Waals surface area (Å²) in [4.78, 5) is 0. The quantitative estimate of drug-likeness (QED) is 0.590. The van der Waals surface area contributed by atoms with Gasteiger partial charge in [0.15, 0.2) is 0 Å². The fourth-order valence-electron chi connectivity index (χ4n) is 1.78. The zero-order valence-electron chi connectivity index (χ0n) is 8.04. The van der Waals surface area contributed by atoms with E-state index in [9.17, 15) is 0 Å². The molecule has 2 nitrogen and oxygen atoms in total. The Bertz CT molecular complexity index is 310. The molecule has 0 saturated heterocycles. The molecule has 1 aliphatic rings. The van der Waals surface area contributed by atoms with E-state index in [0.717, 1.165) is 17.4 Å². The van der Waals surface area contributed by atoms with Crippen LogP contribution in [-0.2, 0) is 6.42 Å². The zero-order valence-corrected chi connectivity index (χ0v) is 8.80. The molecular weight excluding hydrogens is 196 g/mol. The second kappa shape index (κ2) is 4.30. The highest BCUT2D eigenvalue weighted by Crippen LogP contribution is 2.33. The van der Waals surface area contributed by atoms with Crippen LogP contribution >= 0.6 is 11.6 Å². The topological polar surface area (TPSA) is 38.0 Å². The van der Waals surface area contributed by atoms with Crippen molar-refractivity contribution in [3.63, 3.8) is 0 Å². The normalized spacial score (nSPS) is 18.1. The third kappa shape index (κ3) is 2.47. The molecule has 1 fully saturated rings. The molecule has 0 amide bonds. The van der Waals surface area contributed by atoms with Crippen LogP contribution in [0.25, 0.3) is 0 Å².